The Morgan fingerprint density at radius 2 is 1.91 bits per heavy atom. The van der Waals surface area contributed by atoms with Gasteiger partial charge in [-0.3, -0.25) is 13.8 Å². The summed E-state index contributed by atoms with van der Waals surface area (Å²) in [7, 11) is -1.82. The van der Waals surface area contributed by atoms with Crippen molar-refractivity contribution in [2.45, 2.75) is 36.5 Å². The average molecular weight is 506 g/mol. The number of hydrogen-bond acceptors (Lipinski definition) is 4. The largest absolute Gasteiger partial charge is 0.389 e. The maximum Gasteiger partial charge on any atom is 0.389 e. The highest BCUT2D eigenvalue weighted by molar-refractivity contribution is 7.85. The lowest BCUT2D eigenvalue weighted by molar-refractivity contribution is -0.135. The normalized spacial score (nSPS) is 18.6. The first kappa shape index (κ1) is 25.1. The van der Waals surface area contributed by atoms with Gasteiger partial charge in [0.15, 0.2) is 0 Å². The van der Waals surface area contributed by atoms with Crippen molar-refractivity contribution >= 4 is 39.9 Å². The molecule has 0 aromatic heterocycles. The van der Waals surface area contributed by atoms with E-state index in [0.717, 1.165) is 12.1 Å². The SMILES string of the molecule is N[C@H]1C[S@@](=O)c2cc(F)c(C(=O)NCCCC(F)(F)F)cc2N(Cc2ccc(Cl)cc2)C1=O. The summed E-state index contributed by atoms with van der Waals surface area (Å²) >= 11 is 5.89. The molecule has 1 aliphatic rings. The summed E-state index contributed by atoms with van der Waals surface area (Å²) in [5.74, 6) is -2.76. The summed E-state index contributed by atoms with van der Waals surface area (Å²) in [5, 5.41) is 2.72. The Kier molecular flexibility index (Phi) is 7.76. The van der Waals surface area contributed by atoms with Gasteiger partial charge < -0.3 is 16.0 Å². The number of nitrogens with zero attached hydrogens (tertiary/aromatic N) is 1. The van der Waals surface area contributed by atoms with Crippen LogP contribution in [0.15, 0.2) is 41.3 Å². The molecule has 2 amide bonds. The van der Waals surface area contributed by atoms with Gasteiger partial charge in [0.1, 0.15) is 5.82 Å². The number of fused-ring (bicyclic) bond motifs is 1. The molecule has 0 saturated heterocycles. The summed E-state index contributed by atoms with van der Waals surface area (Å²) in [6.07, 6.45) is -5.84. The third kappa shape index (κ3) is 6.30. The maximum absolute atomic E-state index is 14.7. The Labute approximate surface area is 194 Å². The minimum Gasteiger partial charge on any atom is -0.352 e. The van der Waals surface area contributed by atoms with Crippen LogP contribution in [0.5, 0.6) is 0 Å². The molecule has 2 aromatic carbocycles. The molecule has 0 fully saturated rings. The fourth-order valence-corrected chi connectivity index (χ4v) is 4.69. The number of nitrogens with one attached hydrogen (secondary N) is 1. The van der Waals surface area contributed by atoms with Crippen LogP contribution in [0.4, 0.5) is 23.2 Å². The monoisotopic (exact) mass is 505 g/mol. The predicted octanol–water partition coefficient (Wildman–Crippen LogP) is 3.53. The molecule has 178 valence electrons. The van der Waals surface area contributed by atoms with Gasteiger partial charge in [0, 0.05) is 18.0 Å². The third-order valence-electron chi connectivity index (χ3n) is 4.92. The molecule has 0 unspecified atom stereocenters. The molecule has 6 nitrogen and oxygen atoms in total. The van der Waals surface area contributed by atoms with Gasteiger partial charge in [0.2, 0.25) is 5.91 Å². The molecule has 3 rings (SSSR count). The van der Waals surface area contributed by atoms with Crippen LogP contribution >= 0.6 is 11.6 Å². The van der Waals surface area contributed by atoms with Crippen molar-refractivity contribution in [3.63, 3.8) is 0 Å². The quantitative estimate of drug-likeness (QED) is 0.464. The third-order valence-corrected chi connectivity index (χ3v) is 6.65. The minimum absolute atomic E-state index is 0.00335. The molecule has 0 saturated carbocycles. The van der Waals surface area contributed by atoms with Gasteiger partial charge in [-0.25, -0.2) is 4.39 Å². The first-order valence-electron chi connectivity index (χ1n) is 9.84. The number of rotatable bonds is 6. The number of hydrogen-bond donors (Lipinski definition) is 2. The van der Waals surface area contributed by atoms with Crippen LogP contribution in [0.2, 0.25) is 5.02 Å². The highest BCUT2D eigenvalue weighted by atomic mass is 35.5. The summed E-state index contributed by atoms with van der Waals surface area (Å²) in [4.78, 5) is 26.6. The number of anilines is 1. The summed E-state index contributed by atoms with van der Waals surface area (Å²) in [6, 6.07) is 7.42. The number of carbonyl (C=O) groups excluding carboxylic acids is 2. The molecule has 1 heterocycles. The second-order valence-corrected chi connectivity index (χ2v) is 9.34. The summed E-state index contributed by atoms with van der Waals surface area (Å²) in [6.45, 7) is -0.328. The maximum atomic E-state index is 14.7. The van der Waals surface area contributed by atoms with Crippen molar-refractivity contribution in [2.24, 2.45) is 5.73 Å². The van der Waals surface area contributed by atoms with Crippen molar-refractivity contribution in [2.75, 3.05) is 17.2 Å². The standard InChI is InChI=1S/C21H20ClF4N3O3S/c22-13-4-2-12(3-5-13)10-29-17-8-14(19(30)28-7-1-6-21(24,25)26)15(23)9-18(17)33(32)11-16(27)20(29)31/h2-5,8-9,16H,1,6-7,10-11,27H2,(H,28,30)/t16-,33+/m0/s1. The van der Waals surface area contributed by atoms with E-state index in [-0.39, 0.29) is 35.8 Å². The molecule has 0 aliphatic carbocycles. The van der Waals surface area contributed by atoms with E-state index in [1.165, 1.54) is 4.90 Å². The van der Waals surface area contributed by atoms with Crippen molar-refractivity contribution in [3.05, 3.63) is 58.4 Å². The van der Waals surface area contributed by atoms with Crippen LogP contribution in [0.25, 0.3) is 0 Å². The summed E-state index contributed by atoms with van der Waals surface area (Å²) < 4.78 is 64.3. The Bertz CT molecular complexity index is 1080. The van der Waals surface area contributed by atoms with E-state index in [0.29, 0.717) is 10.6 Å². The van der Waals surface area contributed by atoms with Crippen LogP contribution in [0.3, 0.4) is 0 Å². The molecule has 2 atom stereocenters. The Morgan fingerprint density at radius 3 is 2.55 bits per heavy atom. The first-order valence-corrected chi connectivity index (χ1v) is 11.5. The Hall–Kier alpha value is -2.50. The second kappa shape index (κ2) is 10.2. The lowest BCUT2D eigenvalue weighted by Gasteiger charge is -2.25. The number of halogens is 5. The van der Waals surface area contributed by atoms with E-state index in [1.54, 1.807) is 24.3 Å². The van der Waals surface area contributed by atoms with Crippen LogP contribution in [-0.2, 0) is 22.1 Å². The minimum atomic E-state index is -4.37. The van der Waals surface area contributed by atoms with Crippen LogP contribution in [0, 0.1) is 5.82 Å². The summed E-state index contributed by atoms with van der Waals surface area (Å²) in [5.41, 5.74) is 6.11. The van der Waals surface area contributed by atoms with Crippen LogP contribution in [0.1, 0.15) is 28.8 Å². The molecule has 33 heavy (non-hydrogen) atoms. The van der Waals surface area contributed by atoms with Crippen LogP contribution < -0.4 is 16.0 Å². The lowest BCUT2D eigenvalue weighted by atomic mass is 10.1. The van der Waals surface area contributed by atoms with E-state index in [9.17, 15) is 31.4 Å². The van der Waals surface area contributed by atoms with Gasteiger partial charge in [-0.2, -0.15) is 13.2 Å². The molecular formula is C21H20ClF4N3O3S. The highest BCUT2D eigenvalue weighted by Crippen LogP contribution is 2.32. The predicted molar refractivity (Wildman–Crippen MR) is 116 cm³/mol. The number of carbonyl (C=O) groups is 2. The number of alkyl halides is 3. The van der Waals surface area contributed by atoms with Crippen molar-refractivity contribution in [1.29, 1.82) is 0 Å². The lowest BCUT2D eigenvalue weighted by Crippen LogP contribution is -2.44. The molecule has 12 heteroatoms. The first-order chi connectivity index (χ1) is 15.5. The van der Waals surface area contributed by atoms with E-state index in [2.05, 4.69) is 5.32 Å². The van der Waals surface area contributed by atoms with Gasteiger partial charge in [-0.15, -0.1) is 0 Å². The fraction of sp³-hybridized carbons (Fsp3) is 0.333. The molecule has 0 spiro atoms. The Balaban J connectivity index is 1.93. The number of amides is 2. The van der Waals surface area contributed by atoms with E-state index in [1.807, 2.05) is 0 Å². The molecule has 1 aliphatic heterocycles. The molecule has 2 aromatic rings. The number of nitrogens with two attached hydrogens (primary N) is 1. The number of benzene rings is 2. The van der Waals surface area contributed by atoms with Crippen molar-refractivity contribution in [1.82, 2.24) is 5.32 Å². The van der Waals surface area contributed by atoms with Crippen LogP contribution in [-0.4, -0.2) is 40.5 Å². The van der Waals surface area contributed by atoms with Gasteiger partial charge >= 0.3 is 6.18 Å². The Morgan fingerprint density at radius 1 is 1.24 bits per heavy atom. The smallest absolute Gasteiger partial charge is 0.352 e. The topological polar surface area (TPSA) is 92.5 Å². The zero-order chi connectivity index (χ0) is 24.3. The highest BCUT2D eigenvalue weighted by Gasteiger charge is 2.33. The molecular weight excluding hydrogens is 486 g/mol. The van der Waals surface area contributed by atoms with Gasteiger partial charge in [-0.1, -0.05) is 23.7 Å². The van der Waals surface area contributed by atoms with E-state index in [4.69, 9.17) is 17.3 Å². The fourth-order valence-electron chi connectivity index (χ4n) is 3.28. The van der Waals surface area contributed by atoms with E-state index < -0.39 is 52.6 Å². The molecule has 0 bridgehead atoms. The zero-order valence-corrected chi connectivity index (χ0v) is 18.7. The second-order valence-electron chi connectivity index (χ2n) is 7.44. The van der Waals surface area contributed by atoms with Gasteiger partial charge in [0.25, 0.3) is 5.91 Å². The van der Waals surface area contributed by atoms with E-state index >= 15 is 0 Å². The van der Waals surface area contributed by atoms with Gasteiger partial charge in [-0.05, 0) is 36.2 Å². The van der Waals surface area contributed by atoms with Gasteiger partial charge in [0.05, 0.1) is 45.3 Å². The molecule has 3 N–H and O–H groups in total. The zero-order valence-electron chi connectivity index (χ0n) is 17.1. The van der Waals surface area contributed by atoms with Crippen molar-refractivity contribution < 1.29 is 31.4 Å². The van der Waals surface area contributed by atoms with Crippen molar-refractivity contribution in [3.8, 4) is 0 Å². The average Bonchev–Trinajstić information content (AvgIpc) is 2.82. The molecule has 0 radical (unpaired) electrons.